The summed E-state index contributed by atoms with van der Waals surface area (Å²) < 4.78 is 0. The topological polar surface area (TPSA) is 12.4 Å². The lowest BCUT2D eigenvalue weighted by atomic mass is 10.1. The molecule has 0 aromatic heterocycles. The Morgan fingerprint density at radius 2 is 1.57 bits per heavy atom. The van der Waals surface area contributed by atoms with Crippen molar-refractivity contribution in [1.82, 2.24) is 0 Å². The predicted octanol–water partition coefficient (Wildman–Crippen LogP) is 3.88. The summed E-state index contributed by atoms with van der Waals surface area (Å²) in [6.45, 7) is 11.1. The van der Waals surface area contributed by atoms with Gasteiger partial charge in [-0.15, -0.1) is 0 Å². The monoisotopic (exact) mass is 205 g/mol. The Labute approximate surface area is 87.9 Å². The molecule has 1 rings (SSSR count). The van der Waals surface area contributed by atoms with Crippen LogP contribution >= 0.6 is 0 Å². The second-order valence-electron chi connectivity index (χ2n) is 4.86. The van der Waals surface area contributed by atoms with E-state index in [9.17, 15) is 0 Å². The first-order valence-corrected chi connectivity index (χ1v) is 8.59. The van der Waals surface area contributed by atoms with Gasteiger partial charge in [0.15, 0.2) is 0 Å². The van der Waals surface area contributed by atoms with Gasteiger partial charge in [-0.2, -0.15) is 0 Å². The van der Waals surface area contributed by atoms with Crippen molar-refractivity contribution >= 4 is 19.6 Å². The van der Waals surface area contributed by atoms with E-state index in [1.807, 2.05) is 0 Å². The largest absolute Gasteiger partial charge is 0.265 e. The van der Waals surface area contributed by atoms with E-state index in [4.69, 9.17) is 0 Å². The van der Waals surface area contributed by atoms with Crippen LogP contribution in [0.5, 0.6) is 0 Å². The molecule has 0 spiro atoms. The molecule has 2 heteroatoms. The van der Waals surface area contributed by atoms with E-state index in [1.54, 1.807) is 0 Å². The summed E-state index contributed by atoms with van der Waals surface area (Å²) in [6.07, 6.45) is 0. The van der Waals surface area contributed by atoms with E-state index < -0.39 is 8.07 Å². The highest BCUT2D eigenvalue weighted by molar-refractivity contribution is 6.99. The zero-order valence-corrected chi connectivity index (χ0v) is 10.8. The average molecular weight is 205 g/mol. The van der Waals surface area contributed by atoms with Crippen molar-refractivity contribution in [3.05, 3.63) is 29.3 Å². The Bertz CT molecular complexity index is 328. The third-order valence-electron chi connectivity index (χ3n) is 2.02. The van der Waals surface area contributed by atoms with Crippen LogP contribution in [-0.2, 0) is 0 Å². The first kappa shape index (κ1) is 11.2. The van der Waals surface area contributed by atoms with E-state index in [-0.39, 0.29) is 0 Å². The number of nitrogens with zero attached hydrogens (tertiary/aromatic N) is 1. The minimum Gasteiger partial charge on any atom is -0.265 e. The predicted molar refractivity (Wildman–Crippen MR) is 67.4 cm³/mol. The number of aryl methyl sites for hydroxylation is 2. The zero-order chi connectivity index (χ0) is 10.8. The number of aliphatic imine (C=N–C) groups is 1. The lowest BCUT2D eigenvalue weighted by molar-refractivity contribution is 1.33. The molecule has 1 aromatic rings. The molecule has 0 atom stereocenters. The van der Waals surface area contributed by atoms with Crippen LogP contribution in [-0.4, -0.2) is 13.9 Å². The summed E-state index contributed by atoms with van der Waals surface area (Å²) in [5.41, 5.74) is 3.67. The van der Waals surface area contributed by atoms with Crippen LogP contribution in [0.2, 0.25) is 19.6 Å². The highest BCUT2D eigenvalue weighted by Crippen LogP contribution is 2.22. The van der Waals surface area contributed by atoms with Crippen LogP contribution in [0.4, 0.5) is 5.69 Å². The maximum absolute atomic E-state index is 4.61. The van der Waals surface area contributed by atoms with Crippen LogP contribution in [0.15, 0.2) is 23.2 Å². The Morgan fingerprint density at radius 3 is 2.00 bits per heavy atom. The number of hydrogen-bond acceptors (Lipinski definition) is 1. The van der Waals surface area contributed by atoms with Crippen LogP contribution in [0.3, 0.4) is 0 Å². The molecule has 0 aliphatic carbocycles. The van der Waals surface area contributed by atoms with Crippen LogP contribution in [0, 0.1) is 13.8 Å². The van der Waals surface area contributed by atoms with Crippen molar-refractivity contribution in [2.45, 2.75) is 33.5 Å². The molecule has 1 aromatic carbocycles. The number of hydrogen-bond donors (Lipinski definition) is 0. The van der Waals surface area contributed by atoms with Crippen molar-refractivity contribution in [2.75, 3.05) is 0 Å². The summed E-state index contributed by atoms with van der Waals surface area (Å²) in [5.74, 6) is 2.16. The molecule has 76 valence electrons. The summed E-state index contributed by atoms with van der Waals surface area (Å²) in [7, 11) is -1.18. The molecule has 0 saturated heterocycles. The van der Waals surface area contributed by atoms with E-state index in [2.05, 4.69) is 62.5 Å². The molecular formula is C12H19NSi. The minimum atomic E-state index is -1.18. The van der Waals surface area contributed by atoms with Gasteiger partial charge >= 0.3 is 0 Å². The van der Waals surface area contributed by atoms with Gasteiger partial charge in [0.2, 0.25) is 0 Å². The molecule has 0 aliphatic rings. The fraction of sp³-hybridized carbons (Fsp3) is 0.417. The van der Waals surface area contributed by atoms with Gasteiger partial charge in [0.05, 0.1) is 13.8 Å². The Morgan fingerprint density at radius 1 is 1.07 bits per heavy atom. The Hall–Kier alpha value is -0.893. The molecule has 0 N–H and O–H groups in total. The molecule has 0 saturated carbocycles. The van der Waals surface area contributed by atoms with E-state index in [1.165, 1.54) is 11.1 Å². The molecule has 0 heterocycles. The van der Waals surface area contributed by atoms with Gasteiger partial charge in [-0.1, -0.05) is 37.8 Å². The minimum absolute atomic E-state index is 1.15. The van der Waals surface area contributed by atoms with Gasteiger partial charge in [-0.3, -0.25) is 4.99 Å². The van der Waals surface area contributed by atoms with Crippen molar-refractivity contribution in [3.8, 4) is 0 Å². The molecular weight excluding hydrogens is 186 g/mol. The van der Waals surface area contributed by atoms with Crippen molar-refractivity contribution < 1.29 is 0 Å². The SMILES string of the molecule is Cc1cccc(C)c1N=C[Si](C)(C)C. The molecule has 0 aliphatic heterocycles. The maximum atomic E-state index is 4.61. The number of rotatable bonds is 2. The normalized spacial score (nSPS) is 12.4. The fourth-order valence-corrected chi connectivity index (χ4v) is 1.78. The lowest BCUT2D eigenvalue weighted by Gasteiger charge is -2.09. The van der Waals surface area contributed by atoms with E-state index in [0.29, 0.717) is 0 Å². The summed E-state index contributed by atoms with van der Waals surface area (Å²) in [5, 5.41) is 0. The van der Waals surface area contributed by atoms with Crippen molar-refractivity contribution in [1.29, 1.82) is 0 Å². The van der Waals surface area contributed by atoms with E-state index >= 15 is 0 Å². The molecule has 0 radical (unpaired) electrons. The van der Waals surface area contributed by atoms with Gasteiger partial charge in [0, 0.05) is 0 Å². The van der Waals surface area contributed by atoms with Crippen molar-refractivity contribution in [3.63, 3.8) is 0 Å². The Kier molecular flexibility index (Phi) is 3.27. The third kappa shape index (κ3) is 3.11. The highest BCUT2D eigenvalue weighted by Gasteiger charge is 2.09. The van der Waals surface area contributed by atoms with Crippen LogP contribution < -0.4 is 0 Å². The molecule has 14 heavy (non-hydrogen) atoms. The van der Waals surface area contributed by atoms with Crippen molar-refractivity contribution in [2.24, 2.45) is 4.99 Å². The fourth-order valence-electron chi connectivity index (χ4n) is 1.27. The van der Waals surface area contributed by atoms with E-state index in [0.717, 1.165) is 5.69 Å². The molecule has 0 bridgehead atoms. The first-order chi connectivity index (χ1) is 6.40. The summed E-state index contributed by atoms with van der Waals surface area (Å²) in [6, 6.07) is 6.31. The molecule has 0 fully saturated rings. The maximum Gasteiger partial charge on any atom is 0.0917 e. The average Bonchev–Trinajstić information content (AvgIpc) is 2.01. The second kappa shape index (κ2) is 4.09. The summed E-state index contributed by atoms with van der Waals surface area (Å²) >= 11 is 0. The Balaban J connectivity index is 3.03. The lowest BCUT2D eigenvalue weighted by Crippen LogP contribution is -2.21. The molecule has 1 nitrogen and oxygen atoms in total. The smallest absolute Gasteiger partial charge is 0.0917 e. The molecule has 0 amide bonds. The standard InChI is InChI=1S/C12H19NSi/c1-10-7-6-8-11(2)12(10)13-9-14(3,4)5/h6-9H,1-5H3. The van der Waals surface area contributed by atoms with Gasteiger partial charge in [-0.25, -0.2) is 0 Å². The van der Waals surface area contributed by atoms with Crippen LogP contribution in [0.1, 0.15) is 11.1 Å². The van der Waals surface area contributed by atoms with Gasteiger partial charge in [0.25, 0.3) is 0 Å². The number of benzene rings is 1. The van der Waals surface area contributed by atoms with Gasteiger partial charge < -0.3 is 0 Å². The second-order valence-corrected chi connectivity index (χ2v) is 9.85. The van der Waals surface area contributed by atoms with Gasteiger partial charge in [0.1, 0.15) is 0 Å². The first-order valence-electron chi connectivity index (χ1n) is 5.01. The highest BCUT2D eigenvalue weighted by atomic mass is 28.3. The van der Waals surface area contributed by atoms with Gasteiger partial charge in [-0.05, 0) is 30.8 Å². The molecule has 0 unspecified atom stereocenters. The third-order valence-corrected chi connectivity index (χ3v) is 2.92. The zero-order valence-electron chi connectivity index (χ0n) is 9.76. The van der Waals surface area contributed by atoms with Crippen LogP contribution in [0.25, 0.3) is 0 Å². The quantitative estimate of drug-likeness (QED) is 0.513. The summed E-state index contributed by atoms with van der Waals surface area (Å²) in [4.78, 5) is 4.61. The number of para-hydroxylation sites is 1.